The van der Waals surface area contributed by atoms with E-state index in [0.29, 0.717) is 5.56 Å². The largest absolute Gasteiger partial charge is 0.507 e. The molecule has 2 unspecified atom stereocenters. The van der Waals surface area contributed by atoms with Crippen LogP contribution >= 0.6 is 0 Å². The molecule has 3 N–H and O–H groups in total. The summed E-state index contributed by atoms with van der Waals surface area (Å²) in [6, 6.07) is 5.05. The number of carbonyl (C=O) groups is 4. The van der Waals surface area contributed by atoms with Gasteiger partial charge in [-0.1, -0.05) is 0 Å². The van der Waals surface area contributed by atoms with E-state index in [-0.39, 0.29) is 74.1 Å². The van der Waals surface area contributed by atoms with Gasteiger partial charge in [0.05, 0.1) is 43.1 Å². The molecule has 0 fully saturated rings. The first-order valence-corrected chi connectivity index (χ1v) is 13.2. The zero-order valence-corrected chi connectivity index (χ0v) is 23.4. The molecule has 3 aliphatic rings. The molecule has 1 aliphatic heterocycles. The number of aromatic hydroxyl groups is 3. The Morgan fingerprint density at radius 1 is 0.667 bits per heavy atom. The molecule has 10 heteroatoms. The number of ether oxygens (including phenoxy) is 3. The number of aryl methyl sites for hydroxylation is 1. The average molecular weight is 571 g/mol. The lowest BCUT2D eigenvalue weighted by Crippen LogP contribution is -2.36. The lowest BCUT2D eigenvalue weighted by Gasteiger charge is -2.34. The summed E-state index contributed by atoms with van der Waals surface area (Å²) in [6.45, 7) is 5.07. The summed E-state index contributed by atoms with van der Waals surface area (Å²) in [4.78, 5) is 56.0. The third-order valence-corrected chi connectivity index (χ3v) is 8.05. The zero-order chi connectivity index (χ0) is 30.4. The van der Waals surface area contributed by atoms with Crippen molar-refractivity contribution in [3.63, 3.8) is 0 Å². The summed E-state index contributed by atoms with van der Waals surface area (Å²) in [5, 5.41) is 32.6. The smallest absolute Gasteiger partial charge is 0.201 e. The molecule has 0 spiro atoms. The number of methoxy groups -OCH3 is 2. The van der Waals surface area contributed by atoms with E-state index < -0.39 is 52.0 Å². The normalized spacial score (nSPS) is 19.3. The Balaban J connectivity index is 1.75. The highest BCUT2D eigenvalue weighted by atomic mass is 16.5. The molecular formula is C32H26O10. The number of carbonyl (C=O) groups excluding carboxylic acids is 4. The minimum absolute atomic E-state index is 0.0587. The number of ketones is 4. The van der Waals surface area contributed by atoms with Crippen molar-refractivity contribution in [3.8, 4) is 39.9 Å². The van der Waals surface area contributed by atoms with Gasteiger partial charge in [-0.15, -0.1) is 0 Å². The fourth-order valence-corrected chi connectivity index (χ4v) is 6.40. The lowest BCUT2D eigenvalue weighted by molar-refractivity contribution is 0.0148. The van der Waals surface area contributed by atoms with Gasteiger partial charge in [0, 0.05) is 57.5 Å². The first-order chi connectivity index (χ1) is 19.9. The van der Waals surface area contributed by atoms with Crippen LogP contribution in [-0.4, -0.2) is 64.9 Å². The van der Waals surface area contributed by atoms with Gasteiger partial charge in [-0.3, -0.25) is 19.2 Å². The highest BCUT2D eigenvalue weighted by Crippen LogP contribution is 2.53. The molecule has 3 aromatic carbocycles. The number of Topliss-reactive ketones (excluding diaryl/α,β-unsaturated/α-hetero) is 2. The van der Waals surface area contributed by atoms with Gasteiger partial charge < -0.3 is 29.5 Å². The van der Waals surface area contributed by atoms with E-state index in [4.69, 9.17) is 14.2 Å². The Morgan fingerprint density at radius 2 is 1.19 bits per heavy atom. The number of rotatable bonds is 3. The molecule has 6 rings (SSSR count). The van der Waals surface area contributed by atoms with Crippen LogP contribution in [-0.2, 0) is 4.74 Å². The van der Waals surface area contributed by atoms with E-state index in [2.05, 4.69) is 0 Å². The maximum absolute atomic E-state index is 14.3. The number of benzene rings is 3. The molecule has 10 nitrogen and oxygen atoms in total. The molecule has 214 valence electrons. The summed E-state index contributed by atoms with van der Waals surface area (Å²) in [5.74, 6) is -4.41. The summed E-state index contributed by atoms with van der Waals surface area (Å²) in [7, 11) is 2.56. The van der Waals surface area contributed by atoms with Crippen LogP contribution in [0.2, 0.25) is 0 Å². The van der Waals surface area contributed by atoms with Gasteiger partial charge in [-0.2, -0.15) is 0 Å². The van der Waals surface area contributed by atoms with E-state index in [1.807, 2.05) is 0 Å². The molecule has 0 amide bonds. The van der Waals surface area contributed by atoms with Crippen LogP contribution in [0, 0.1) is 6.92 Å². The van der Waals surface area contributed by atoms with Gasteiger partial charge >= 0.3 is 0 Å². The van der Waals surface area contributed by atoms with Crippen molar-refractivity contribution in [2.24, 2.45) is 0 Å². The minimum Gasteiger partial charge on any atom is -0.507 e. The van der Waals surface area contributed by atoms with Crippen molar-refractivity contribution in [1.29, 1.82) is 0 Å². The van der Waals surface area contributed by atoms with E-state index in [1.54, 1.807) is 20.8 Å². The molecule has 3 aromatic rings. The third kappa shape index (κ3) is 3.54. The fraction of sp³-hybridized carbons (Fsp3) is 0.250. The molecule has 1 heterocycles. The van der Waals surface area contributed by atoms with Crippen molar-refractivity contribution < 1.29 is 48.7 Å². The Bertz CT molecular complexity index is 1840. The Hall–Kier alpha value is -4.96. The molecule has 0 radical (unpaired) electrons. The quantitative estimate of drug-likeness (QED) is 0.322. The summed E-state index contributed by atoms with van der Waals surface area (Å²) in [5.41, 5.74) is -0.877. The van der Waals surface area contributed by atoms with Gasteiger partial charge in [0.2, 0.25) is 5.78 Å². The molecule has 0 saturated carbocycles. The van der Waals surface area contributed by atoms with Crippen molar-refractivity contribution >= 4 is 23.1 Å². The van der Waals surface area contributed by atoms with Crippen LogP contribution in [0.3, 0.4) is 0 Å². The van der Waals surface area contributed by atoms with E-state index in [1.165, 1.54) is 26.4 Å². The molecule has 2 aliphatic carbocycles. The number of hydrogen-bond donors (Lipinski definition) is 3. The predicted octanol–water partition coefficient (Wildman–Crippen LogP) is 4.44. The number of phenolic OH excluding ortho intramolecular Hbond substituents is 3. The second kappa shape index (κ2) is 9.28. The van der Waals surface area contributed by atoms with Crippen molar-refractivity contribution in [2.45, 2.75) is 39.4 Å². The van der Waals surface area contributed by atoms with Crippen LogP contribution in [0.15, 0.2) is 35.4 Å². The molecule has 2 atom stereocenters. The first kappa shape index (κ1) is 27.2. The Morgan fingerprint density at radius 3 is 1.76 bits per heavy atom. The van der Waals surface area contributed by atoms with Crippen LogP contribution in [0.5, 0.6) is 28.7 Å². The number of phenols is 3. The van der Waals surface area contributed by atoms with Crippen molar-refractivity contribution in [3.05, 3.63) is 74.4 Å². The Kier molecular flexibility index (Phi) is 6.02. The highest BCUT2D eigenvalue weighted by molar-refractivity contribution is 6.35. The van der Waals surface area contributed by atoms with E-state index in [0.717, 1.165) is 12.1 Å². The van der Waals surface area contributed by atoms with Gasteiger partial charge in [0.15, 0.2) is 17.3 Å². The minimum atomic E-state index is -0.815. The Labute approximate surface area is 239 Å². The number of fused-ring (bicyclic) bond motifs is 3. The van der Waals surface area contributed by atoms with Gasteiger partial charge in [-0.05, 0) is 38.5 Å². The number of hydrogen-bond acceptors (Lipinski definition) is 10. The van der Waals surface area contributed by atoms with Crippen LogP contribution < -0.4 is 9.47 Å². The average Bonchev–Trinajstić information content (AvgIpc) is 2.92. The predicted molar refractivity (Wildman–Crippen MR) is 148 cm³/mol. The third-order valence-electron chi connectivity index (χ3n) is 8.05. The zero-order valence-electron chi connectivity index (χ0n) is 23.4. The maximum atomic E-state index is 14.3. The molecule has 0 bridgehead atoms. The molecule has 42 heavy (non-hydrogen) atoms. The molecular weight excluding hydrogens is 544 g/mol. The standard InChI is InChI=1S/C32H26O10/c1-11-6-14-22(16(33)7-11)32(39)24-18(35)10-20(41-5)26(28(24)29(14)36)25-19(40-4)9-17(34)23-27(25)30(37)15-8-12(2)42-13(3)21(15)31(23)38/h6-7,9-10,12-13,33-35H,8H2,1-5H3. The summed E-state index contributed by atoms with van der Waals surface area (Å²) in [6.07, 6.45) is -0.946. The van der Waals surface area contributed by atoms with Gasteiger partial charge in [-0.25, -0.2) is 0 Å². The second-order valence-corrected chi connectivity index (χ2v) is 10.7. The van der Waals surface area contributed by atoms with Gasteiger partial charge in [0.1, 0.15) is 28.7 Å². The summed E-state index contributed by atoms with van der Waals surface area (Å²) < 4.78 is 17.0. The maximum Gasteiger partial charge on any atom is 0.201 e. The molecule has 0 saturated heterocycles. The SMILES string of the molecule is COc1cc(O)c2c(c1-c1c(OC)cc(O)c3c1C(=O)c1cc(C)cc(O)c1C3=O)C(=O)C1=C(C2=O)C(C)OC(C)C1. The summed E-state index contributed by atoms with van der Waals surface area (Å²) >= 11 is 0. The second-order valence-electron chi connectivity index (χ2n) is 10.7. The molecule has 0 aromatic heterocycles. The van der Waals surface area contributed by atoms with Crippen LogP contribution in [0.4, 0.5) is 0 Å². The van der Waals surface area contributed by atoms with E-state index >= 15 is 0 Å². The van der Waals surface area contributed by atoms with Crippen molar-refractivity contribution in [1.82, 2.24) is 0 Å². The van der Waals surface area contributed by atoms with Crippen LogP contribution in [0.1, 0.15) is 78.4 Å². The fourth-order valence-electron chi connectivity index (χ4n) is 6.40. The highest BCUT2D eigenvalue weighted by Gasteiger charge is 2.45. The van der Waals surface area contributed by atoms with Crippen molar-refractivity contribution in [2.75, 3.05) is 14.2 Å². The topological polar surface area (TPSA) is 157 Å². The first-order valence-electron chi connectivity index (χ1n) is 13.2. The van der Waals surface area contributed by atoms with Gasteiger partial charge in [0.25, 0.3) is 0 Å². The lowest BCUT2D eigenvalue weighted by atomic mass is 9.73. The van der Waals surface area contributed by atoms with Crippen LogP contribution in [0.25, 0.3) is 11.1 Å². The van der Waals surface area contributed by atoms with E-state index in [9.17, 15) is 34.5 Å². The monoisotopic (exact) mass is 570 g/mol.